The Bertz CT molecular complexity index is 1940. The summed E-state index contributed by atoms with van der Waals surface area (Å²) in [5.41, 5.74) is 0.494. The van der Waals surface area contributed by atoms with Crippen molar-refractivity contribution in [2.24, 2.45) is 40.4 Å². The zero-order valence-corrected chi connectivity index (χ0v) is 43.0. The van der Waals surface area contributed by atoms with Crippen LogP contribution in [0.1, 0.15) is 99.3 Å². The fraction of sp³-hybridized carbons (Fsp3) is 0.922. The maximum Gasteiger partial charge on any atom is 0.306 e. The van der Waals surface area contributed by atoms with Crippen LogP contribution in [-0.4, -0.2) is 228 Å². The average Bonchev–Trinajstić information content (AvgIpc) is 3.67. The third-order valence-corrected chi connectivity index (χ3v) is 18.3. The number of allylic oxidation sites excluding steroid dienone is 1. The number of Topliss-reactive ketones (excluding diaryl/α,β-unsaturated/α-hetero) is 1. The van der Waals surface area contributed by atoms with E-state index in [-0.39, 0.29) is 47.9 Å². The number of esters is 1. The van der Waals surface area contributed by atoms with E-state index in [0.29, 0.717) is 38.5 Å². The molecule has 29 atom stereocenters. The van der Waals surface area contributed by atoms with Gasteiger partial charge < -0.3 is 104 Å². The van der Waals surface area contributed by atoms with Crippen molar-refractivity contribution < 1.29 is 113 Å². The summed E-state index contributed by atoms with van der Waals surface area (Å²) in [5.74, 6) is -0.669. The van der Waals surface area contributed by atoms with Gasteiger partial charge in [-0.15, -0.1) is 0 Å². The molecule has 23 nitrogen and oxygen atoms in total. The van der Waals surface area contributed by atoms with Gasteiger partial charge in [-0.1, -0.05) is 32.4 Å². The minimum absolute atomic E-state index is 0.0273. The summed E-state index contributed by atoms with van der Waals surface area (Å²) in [5, 5.41) is 126. The summed E-state index contributed by atoms with van der Waals surface area (Å²) in [4.78, 5) is 27.0. The van der Waals surface area contributed by atoms with Gasteiger partial charge in [0.2, 0.25) is 0 Å². The number of carbonyl (C=O) groups is 2. The average molecular weight is 1060 g/mol. The summed E-state index contributed by atoms with van der Waals surface area (Å²) < 4.78 is 54.1. The molecule has 0 aromatic rings. The van der Waals surface area contributed by atoms with E-state index in [0.717, 1.165) is 12.8 Å². The first-order valence-corrected chi connectivity index (χ1v) is 26.6. The molecular weight excluding hydrogens is 981 g/mol. The summed E-state index contributed by atoms with van der Waals surface area (Å²) >= 11 is 0. The Morgan fingerprint density at radius 3 is 1.85 bits per heavy atom. The Morgan fingerprint density at radius 1 is 0.676 bits per heavy atom. The molecule has 4 saturated heterocycles. The van der Waals surface area contributed by atoms with Gasteiger partial charge in [-0.3, -0.25) is 9.59 Å². The van der Waals surface area contributed by atoms with Crippen molar-refractivity contribution in [2.75, 3.05) is 19.8 Å². The molecule has 0 bridgehead atoms. The van der Waals surface area contributed by atoms with Gasteiger partial charge >= 0.3 is 5.97 Å². The zero-order chi connectivity index (χ0) is 53.9. The number of hydrogen-bond donors (Lipinski definition) is 12. The second kappa shape index (κ2) is 23.4. The second-order valence-corrected chi connectivity index (χ2v) is 23.1. The molecule has 4 aliphatic heterocycles. The minimum atomic E-state index is -1.79. The quantitative estimate of drug-likeness (QED) is 0.0576. The van der Waals surface area contributed by atoms with Crippen molar-refractivity contribution in [1.82, 2.24) is 0 Å². The van der Waals surface area contributed by atoms with Gasteiger partial charge in [0.15, 0.2) is 25.2 Å². The number of fused-ring (bicyclic) bond motifs is 5. The number of hydrogen-bond acceptors (Lipinski definition) is 23. The number of aliphatic hydroxyl groups excluding tert-OH is 12. The molecule has 4 unspecified atom stereocenters. The third kappa shape index (κ3) is 11.2. The maximum absolute atomic E-state index is 13.5. The fourth-order valence-corrected chi connectivity index (χ4v) is 13.9. The van der Waals surface area contributed by atoms with E-state index in [2.05, 4.69) is 19.9 Å². The van der Waals surface area contributed by atoms with Crippen molar-refractivity contribution in [2.45, 2.75) is 234 Å². The topological polar surface area (TPSA) is 360 Å². The lowest BCUT2D eigenvalue weighted by molar-refractivity contribution is -0.393. The highest BCUT2D eigenvalue weighted by molar-refractivity contribution is 5.81. The molecule has 4 heterocycles. The lowest BCUT2D eigenvalue weighted by atomic mass is 9.47. The molecule has 0 spiro atoms. The van der Waals surface area contributed by atoms with Crippen LogP contribution in [0.25, 0.3) is 0 Å². The van der Waals surface area contributed by atoms with Gasteiger partial charge in [0.05, 0.1) is 44.1 Å². The number of ether oxygens (including phenoxy) is 9. The molecule has 0 aromatic heterocycles. The van der Waals surface area contributed by atoms with Crippen molar-refractivity contribution in [3.05, 3.63) is 11.6 Å². The van der Waals surface area contributed by atoms with E-state index in [9.17, 15) is 70.9 Å². The highest BCUT2D eigenvalue weighted by Crippen LogP contribution is 2.67. The predicted octanol–water partition coefficient (Wildman–Crippen LogP) is -2.20. The van der Waals surface area contributed by atoms with Crippen LogP contribution in [-0.2, 0) is 52.2 Å². The first-order valence-electron chi connectivity index (χ1n) is 26.6. The van der Waals surface area contributed by atoms with Crippen LogP contribution in [0.2, 0.25) is 0 Å². The minimum Gasteiger partial charge on any atom is -0.462 e. The lowest BCUT2D eigenvalue weighted by Crippen LogP contribution is -2.67. The molecule has 424 valence electrons. The molecule has 23 heteroatoms. The van der Waals surface area contributed by atoms with E-state index >= 15 is 0 Å². The molecule has 0 amide bonds. The second-order valence-electron chi connectivity index (χ2n) is 23.1. The SMILES string of the molecule is CC(=O)C1[C@@H](OC(=O)CC[C@H](C)CO[C@@H]2O[C@H](CO)[C@@H](O)[C@H](O)[C@H]2O)CC2C3CC=C4C[C@@H](O[C@H]5O[C@H](CO)[C@@H](O)[C@H](O[C@@H]6O[C@@H](C)[C@H](O)[C@@H](O)[C@H]6O)[C@H]5O[C@@H]5O[C@@H](C)[C@H](O)[C@@H](O)[C@H]5O)CC[C@]4(C)C3CC[C@@]21C. The van der Waals surface area contributed by atoms with Gasteiger partial charge in [0.1, 0.15) is 97.3 Å². The monoisotopic (exact) mass is 1060 g/mol. The summed E-state index contributed by atoms with van der Waals surface area (Å²) in [7, 11) is 0. The number of rotatable bonds is 16. The van der Waals surface area contributed by atoms with E-state index in [1.165, 1.54) is 19.4 Å². The lowest BCUT2D eigenvalue weighted by Gasteiger charge is -2.58. The normalized spacial score (nSPS) is 51.0. The Kier molecular flexibility index (Phi) is 18.4. The molecule has 8 aliphatic rings. The van der Waals surface area contributed by atoms with Gasteiger partial charge in [-0.25, -0.2) is 0 Å². The van der Waals surface area contributed by atoms with Gasteiger partial charge in [-0.2, -0.15) is 0 Å². The largest absolute Gasteiger partial charge is 0.462 e. The Labute approximate surface area is 430 Å². The van der Waals surface area contributed by atoms with Crippen LogP contribution in [0.15, 0.2) is 11.6 Å². The molecule has 4 aliphatic carbocycles. The summed E-state index contributed by atoms with van der Waals surface area (Å²) in [6, 6.07) is 0. The predicted molar refractivity (Wildman–Crippen MR) is 250 cm³/mol. The van der Waals surface area contributed by atoms with Gasteiger partial charge in [-0.05, 0) is 107 Å². The van der Waals surface area contributed by atoms with Crippen LogP contribution >= 0.6 is 0 Å². The standard InChI is InChI=1S/C51H82O23/c1-20(19-66-46-41(63)40(62)36(58)30(17-52)71-46)7-10-32(55)70-29-16-28-26-9-8-24-15-25(11-13-50(24,5)27(26)12-14-51(28,6)33(29)21(2)54)69-49-45(74-48-43(65)39(61)35(57)23(4)68-48)44(37(59)31(18-53)72-49)73-47-42(64)38(60)34(56)22(3)67-47/h8,20,22-23,25-31,33-49,52-53,56-65H,7,9-19H2,1-6H3/t20-,22-,23-,25-,26?,27?,28?,29-,30+,31+,33?,34-,35-,36+,37+,38+,39+,40-,41+,42+,43+,44-,45+,46+,47-,48-,49-,50-,51-/m0/s1. The summed E-state index contributed by atoms with van der Waals surface area (Å²) in [6.07, 6.45) is -23.6. The number of ketones is 1. The van der Waals surface area contributed by atoms with Crippen molar-refractivity contribution in [3.8, 4) is 0 Å². The number of carbonyl (C=O) groups excluding carboxylic acids is 2. The molecule has 12 N–H and O–H groups in total. The van der Waals surface area contributed by atoms with Crippen molar-refractivity contribution >= 4 is 11.8 Å². The van der Waals surface area contributed by atoms with Crippen LogP contribution < -0.4 is 0 Å². The molecule has 3 saturated carbocycles. The first kappa shape index (κ1) is 58.2. The summed E-state index contributed by atoms with van der Waals surface area (Å²) in [6.45, 7) is 9.50. The Balaban J connectivity index is 0.938. The fourth-order valence-electron chi connectivity index (χ4n) is 13.9. The molecule has 8 rings (SSSR count). The van der Waals surface area contributed by atoms with Crippen LogP contribution in [0.3, 0.4) is 0 Å². The van der Waals surface area contributed by atoms with Crippen LogP contribution in [0.4, 0.5) is 0 Å². The van der Waals surface area contributed by atoms with E-state index in [1.807, 2.05) is 6.92 Å². The maximum atomic E-state index is 13.5. The van der Waals surface area contributed by atoms with E-state index in [1.54, 1.807) is 6.92 Å². The number of aliphatic hydroxyl groups is 12. The van der Waals surface area contributed by atoms with Crippen LogP contribution in [0, 0.1) is 40.4 Å². The van der Waals surface area contributed by atoms with Gasteiger partial charge in [0, 0.05) is 6.42 Å². The molecule has 0 aromatic carbocycles. The highest BCUT2D eigenvalue weighted by Gasteiger charge is 2.64. The highest BCUT2D eigenvalue weighted by atomic mass is 16.8. The molecule has 7 fully saturated rings. The third-order valence-electron chi connectivity index (χ3n) is 18.3. The molecule has 0 radical (unpaired) electrons. The molecule has 74 heavy (non-hydrogen) atoms. The van der Waals surface area contributed by atoms with Gasteiger partial charge in [0.25, 0.3) is 0 Å². The van der Waals surface area contributed by atoms with Crippen molar-refractivity contribution in [3.63, 3.8) is 0 Å². The Hall–Kier alpha value is -1.92. The molecular formula is C51H82O23. The Morgan fingerprint density at radius 2 is 1.24 bits per heavy atom. The van der Waals surface area contributed by atoms with Crippen molar-refractivity contribution in [1.29, 1.82) is 0 Å². The van der Waals surface area contributed by atoms with E-state index < -0.39 is 166 Å². The van der Waals surface area contributed by atoms with Crippen LogP contribution in [0.5, 0.6) is 0 Å². The zero-order valence-electron chi connectivity index (χ0n) is 43.0. The van der Waals surface area contributed by atoms with E-state index in [4.69, 9.17) is 42.6 Å². The first-order chi connectivity index (χ1) is 34.9. The smallest absolute Gasteiger partial charge is 0.306 e.